The molecule has 0 bridgehead atoms. The van der Waals surface area contributed by atoms with E-state index in [4.69, 9.17) is 0 Å². The number of aryl methyl sites for hydroxylation is 2. The zero-order chi connectivity index (χ0) is 17.8. The molecule has 0 spiro atoms. The summed E-state index contributed by atoms with van der Waals surface area (Å²) in [6, 6.07) is 6.60. The molecule has 0 N–H and O–H groups in total. The van der Waals surface area contributed by atoms with E-state index in [9.17, 15) is 4.79 Å². The molecule has 2 aromatic rings. The van der Waals surface area contributed by atoms with Gasteiger partial charge in [-0.15, -0.1) is 5.10 Å². The van der Waals surface area contributed by atoms with Crippen LogP contribution in [-0.4, -0.2) is 27.4 Å². The topological polar surface area (TPSA) is 51.0 Å². The summed E-state index contributed by atoms with van der Waals surface area (Å²) >= 11 is 0. The average molecular weight is 338 g/mol. The number of benzene rings is 1. The van der Waals surface area contributed by atoms with Gasteiger partial charge >= 0.3 is 0 Å². The molecule has 1 amide bonds. The molecule has 1 atom stereocenters. The molecular weight excluding hydrogens is 312 g/mol. The van der Waals surface area contributed by atoms with Gasteiger partial charge in [0.2, 0.25) is 5.91 Å². The fourth-order valence-electron chi connectivity index (χ4n) is 4.04. The van der Waals surface area contributed by atoms with Crippen molar-refractivity contribution in [3.63, 3.8) is 0 Å². The van der Waals surface area contributed by atoms with Crippen molar-refractivity contribution in [2.24, 2.45) is 13.0 Å². The molecule has 2 heterocycles. The molecule has 0 saturated heterocycles. The van der Waals surface area contributed by atoms with Crippen molar-refractivity contribution < 1.29 is 4.79 Å². The van der Waals surface area contributed by atoms with E-state index in [0.717, 1.165) is 49.3 Å². The number of hydrogen-bond donors (Lipinski definition) is 0. The highest BCUT2D eigenvalue weighted by Crippen LogP contribution is 2.35. The van der Waals surface area contributed by atoms with Crippen LogP contribution < -0.4 is 4.90 Å². The maximum atomic E-state index is 13.2. The van der Waals surface area contributed by atoms with Gasteiger partial charge in [0.25, 0.3) is 0 Å². The molecule has 4 rings (SSSR count). The summed E-state index contributed by atoms with van der Waals surface area (Å²) in [7, 11) is 1.91. The van der Waals surface area contributed by atoms with Crippen LogP contribution in [0.4, 0.5) is 5.69 Å². The lowest BCUT2D eigenvalue weighted by molar-refractivity contribution is -0.122. The number of rotatable bonds is 1. The zero-order valence-corrected chi connectivity index (χ0v) is 15.5. The van der Waals surface area contributed by atoms with E-state index in [2.05, 4.69) is 49.3 Å². The average Bonchev–Trinajstić information content (AvgIpc) is 3.16. The Labute approximate surface area is 149 Å². The van der Waals surface area contributed by atoms with Crippen LogP contribution in [0.3, 0.4) is 0 Å². The first-order chi connectivity index (χ1) is 11.8. The number of aromatic nitrogens is 3. The van der Waals surface area contributed by atoms with Gasteiger partial charge in [-0.05, 0) is 41.9 Å². The third-order valence-electron chi connectivity index (χ3n) is 5.65. The van der Waals surface area contributed by atoms with Crippen molar-refractivity contribution in [3.05, 3.63) is 40.7 Å². The predicted octanol–water partition coefficient (Wildman–Crippen LogP) is 2.81. The second-order valence-corrected chi connectivity index (χ2v) is 8.38. The van der Waals surface area contributed by atoms with Crippen molar-refractivity contribution in [2.45, 2.75) is 51.9 Å². The normalized spacial score (nSPS) is 19.7. The number of hydrogen-bond acceptors (Lipinski definition) is 3. The van der Waals surface area contributed by atoms with Gasteiger partial charge in [-0.25, -0.2) is 0 Å². The number of nitrogens with zero attached hydrogens (tertiary/aromatic N) is 4. The summed E-state index contributed by atoms with van der Waals surface area (Å²) in [5.74, 6) is 0.298. The minimum atomic E-state index is 0.0398. The van der Waals surface area contributed by atoms with Crippen molar-refractivity contribution in [3.8, 4) is 0 Å². The number of amides is 1. The predicted molar refractivity (Wildman–Crippen MR) is 97.7 cm³/mol. The maximum absolute atomic E-state index is 13.2. The number of fused-ring (bicyclic) bond motifs is 2. The van der Waals surface area contributed by atoms with E-state index in [1.165, 1.54) is 11.1 Å². The number of carbonyl (C=O) groups excluding carboxylic acids is 1. The Morgan fingerprint density at radius 2 is 2.04 bits per heavy atom. The zero-order valence-electron chi connectivity index (χ0n) is 15.5. The van der Waals surface area contributed by atoms with Crippen LogP contribution in [0.15, 0.2) is 18.2 Å². The van der Waals surface area contributed by atoms with Gasteiger partial charge in [-0.1, -0.05) is 38.1 Å². The molecule has 1 aliphatic carbocycles. The summed E-state index contributed by atoms with van der Waals surface area (Å²) in [6.07, 6.45) is 3.43. The molecule has 1 unspecified atom stereocenters. The smallest absolute Gasteiger partial charge is 0.230 e. The quantitative estimate of drug-likeness (QED) is 0.803. The Morgan fingerprint density at radius 3 is 2.80 bits per heavy atom. The highest BCUT2D eigenvalue weighted by Gasteiger charge is 2.34. The van der Waals surface area contributed by atoms with Gasteiger partial charge in [-0.2, -0.15) is 0 Å². The molecule has 1 aliphatic heterocycles. The SMILES string of the molecule is Cn1nnc2c1CC(C(=O)N1CCc3cc(C(C)(C)C)ccc31)CC2. The Hall–Kier alpha value is -2.17. The van der Waals surface area contributed by atoms with Crippen LogP contribution >= 0.6 is 0 Å². The fourth-order valence-corrected chi connectivity index (χ4v) is 4.04. The molecule has 132 valence electrons. The van der Waals surface area contributed by atoms with Crippen molar-refractivity contribution >= 4 is 11.6 Å². The molecule has 2 aliphatic rings. The molecule has 5 heteroatoms. The summed E-state index contributed by atoms with van der Waals surface area (Å²) in [4.78, 5) is 15.2. The Bertz CT molecular complexity index is 831. The molecule has 25 heavy (non-hydrogen) atoms. The Morgan fingerprint density at radius 1 is 1.24 bits per heavy atom. The summed E-state index contributed by atoms with van der Waals surface area (Å²) in [6.45, 7) is 7.49. The second kappa shape index (κ2) is 5.68. The molecule has 1 aromatic heterocycles. The van der Waals surface area contributed by atoms with Crippen LogP contribution in [-0.2, 0) is 36.5 Å². The van der Waals surface area contributed by atoms with Crippen molar-refractivity contribution in [2.75, 3.05) is 11.4 Å². The monoisotopic (exact) mass is 338 g/mol. The Kier molecular flexibility index (Phi) is 3.71. The highest BCUT2D eigenvalue weighted by molar-refractivity contribution is 5.97. The van der Waals surface area contributed by atoms with Crippen LogP contribution in [0, 0.1) is 5.92 Å². The lowest BCUT2D eigenvalue weighted by Gasteiger charge is -2.27. The van der Waals surface area contributed by atoms with Gasteiger partial charge in [0.15, 0.2) is 0 Å². The van der Waals surface area contributed by atoms with E-state index in [1.54, 1.807) is 0 Å². The second-order valence-electron chi connectivity index (χ2n) is 8.38. The molecule has 0 radical (unpaired) electrons. The molecule has 5 nitrogen and oxygen atoms in total. The van der Waals surface area contributed by atoms with E-state index in [-0.39, 0.29) is 17.2 Å². The summed E-state index contributed by atoms with van der Waals surface area (Å²) in [5.41, 5.74) is 6.06. The standard InChI is InChI=1S/C20H26N4O/c1-20(2,3)15-6-8-17-13(11-15)9-10-24(17)19(25)14-5-7-16-18(12-14)23(4)22-21-16/h6,8,11,14H,5,7,9-10,12H2,1-4H3. The largest absolute Gasteiger partial charge is 0.312 e. The molecular formula is C20H26N4O. The van der Waals surface area contributed by atoms with Gasteiger partial charge < -0.3 is 4.90 Å². The Balaban J connectivity index is 1.57. The van der Waals surface area contributed by atoms with E-state index in [0.29, 0.717) is 0 Å². The fraction of sp³-hybridized carbons (Fsp3) is 0.550. The number of anilines is 1. The van der Waals surface area contributed by atoms with Crippen LogP contribution in [0.2, 0.25) is 0 Å². The lowest BCUT2D eigenvalue weighted by atomic mass is 9.86. The van der Waals surface area contributed by atoms with Gasteiger partial charge in [0, 0.05) is 31.6 Å². The van der Waals surface area contributed by atoms with E-state index < -0.39 is 0 Å². The third kappa shape index (κ3) is 2.75. The molecule has 0 saturated carbocycles. The first-order valence-corrected chi connectivity index (χ1v) is 9.17. The third-order valence-corrected chi connectivity index (χ3v) is 5.65. The first-order valence-electron chi connectivity index (χ1n) is 9.17. The van der Waals surface area contributed by atoms with Gasteiger partial charge in [0.05, 0.1) is 11.4 Å². The van der Waals surface area contributed by atoms with Crippen LogP contribution in [0.25, 0.3) is 0 Å². The van der Waals surface area contributed by atoms with E-state index in [1.807, 2.05) is 16.6 Å². The van der Waals surface area contributed by atoms with Crippen LogP contribution in [0.1, 0.15) is 49.7 Å². The number of carbonyl (C=O) groups is 1. The highest BCUT2D eigenvalue weighted by atomic mass is 16.2. The minimum Gasteiger partial charge on any atom is -0.312 e. The molecule has 0 fully saturated rings. The minimum absolute atomic E-state index is 0.0398. The summed E-state index contributed by atoms with van der Waals surface area (Å²) in [5, 5.41) is 8.30. The maximum Gasteiger partial charge on any atom is 0.230 e. The van der Waals surface area contributed by atoms with Crippen molar-refractivity contribution in [1.82, 2.24) is 15.0 Å². The first kappa shape index (κ1) is 16.3. The van der Waals surface area contributed by atoms with Gasteiger partial charge in [-0.3, -0.25) is 9.48 Å². The van der Waals surface area contributed by atoms with Crippen LogP contribution in [0.5, 0.6) is 0 Å². The molecule has 1 aromatic carbocycles. The van der Waals surface area contributed by atoms with E-state index >= 15 is 0 Å². The van der Waals surface area contributed by atoms with Crippen molar-refractivity contribution in [1.29, 1.82) is 0 Å². The lowest BCUT2D eigenvalue weighted by Crippen LogP contribution is -2.37. The van der Waals surface area contributed by atoms with Gasteiger partial charge in [0.1, 0.15) is 0 Å². The summed E-state index contributed by atoms with van der Waals surface area (Å²) < 4.78 is 1.82.